The molecule has 0 aliphatic carbocycles. The number of hydrogen-bond donors (Lipinski definition) is 5. The maximum atomic E-state index is 12.9. The van der Waals surface area contributed by atoms with Gasteiger partial charge in [-0.25, -0.2) is 9.97 Å². The molecule has 0 saturated carbocycles. The Labute approximate surface area is 205 Å². The Morgan fingerprint density at radius 1 is 1.14 bits per heavy atom. The third-order valence-electron chi connectivity index (χ3n) is 5.89. The summed E-state index contributed by atoms with van der Waals surface area (Å²) in [7, 11) is 0. The van der Waals surface area contributed by atoms with Crippen LogP contribution in [0.3, 0.4) is 0 Å². The Morgan fingerprint density at radius 3 is 2.74 bits per heavy atom. The summed E-state index contributed by atoms with van der Waals surface area (Å²) in [6, 6.07) is 11.7. The van der Waals surface area contributed by atoms with Crippen LogP contribution < -0.4 is 21.3 Å². The van der Waals surface area contributed by atoms with E-state index in [1.807, 2.05) is 45.9 Å². The molecule has 0 atom stereocenters. The van der Waals surface area contributed by atoms with Crippen molar-refractivity contribution in [1.29, 1.82) is 0 Å². The predicted octanol–water partition coefficient (Wildman–Crippen LogP) is 3.41. The molecular weight excluding hydrogens is 442 g/mol. The highest BCUT2D eigenvalue weighted by atomic mass is 16.3. The van der Waals surface area contributed by atoms with Crippen LogP contribution in [-0.4, -0.2) is 45.2 Å². The lowest BCUT2D eigenvalue weighted by Gasteiger charge is -2.22. The summed E-state index contributed by atoms with van der Waals surface area (Å²) in [6.07, 6.45) is 2.48. The van der Waals surface area contributed by atoms with Crippen molar-refractivity contribution in [2.75, 3.05) is 23.8 Å². The summed E-state index contributed by atoms with van der Waals surface area (Å²) in [5.41, 5.74) is 4.02. The van der Waals surface area contributed by atoms with E-state index >= 15 is 0 Å². The number of aliphatic hydroxyl groups excluding tert-OH is 1. The van der Waals surface area contributed by atoms with Gasteiger partial charge in [0.15, 0.2) is 0 Å². The fourth-order valence-electron chi connectivity index (χ4n) is 3.81. The summed E-state index contributed by atoms with van der Waals surface area (Å²) in [4.78, 5) is 26.5. The minimum absolute atomic E-state index is 0.0371. The molecular formula is C26H33N7O2. The Hall–Kier alpha value is -3.56. The van der Waals surface area contributed by atoms with Crippen molar-refractivity contribution in [2.45, 2.75) is 52.1 Å². The molecule has 1 aliphatic rings. The molecule has 1 amide bonds. The zero-order valence-corrected chi connectivity index (χ0v) is 20.6. The van der Waals surface area contributed by atoms with E-state index in [-0.39, 0.29) is 18.6 Å². The lowest BCUT2D eigenvalue weighted by atomic mass is 9.90. The van der Waals surface area contributed by atoms with Crippen LogP contribution >= 0.6 is 0 Å². The second-order valence-corrected chi connectivity index (χ2v) is 9.69. The monoisotopic (exact) mass is 475 g/mol. The number of rotatable bonds is 8. The minimum Gasteiger partial charge on any atom is -0.395 e. The molecule has 9 heteroatoms. The van der Waals surface area contributed by atoms with Gasteiger partial charge in [0.2, 0.25) is 5.95 Å². The van der Waals surface area contributed by atoms with E-state index in [0.29, 0.717) is 23.1 Å². The van der Waals surface area contributed by atoms with Crippen LogP contribution in [0.1, 0.15) is 54.9 Å². The molecule has 3 heterocycles. The molecule has 184 valence electrons. The molecule has 3 aromatic rings. The highest BCUT2D eigenvalue weighted by Gasteiger charge is 2.22. The number of carbonyl (C=O) groups excluding carboxylic acids is 1. The Morgan fingerprint density at radius 2 is 1.97 bits per heavy atom. The van der Waals surface area contributed by atoms with Gasteiger partial charge in [0.25, 0.3) is 5.91 Å². The van der Waals surface area contributed by atoms with E-state index in [9.17, 15) is 9.90 Å². The van der Waals surface area contributed by atoms with E-state index in [1.54, 1.807) is 6.07 Å². The smallest absolute Gasteiger partial charge is 0.256 e. The number of benzene rings is 1. The number of pyridine rings is 1. The van der Waals surface area contributed by atoms with Crippen molar-refractivity contribution in [3.8, 4) is 0 Å². The summed E-state index contributed by atoms with van der Waals surface area (Å²) in [6.45, 7) is 9.43. The largest absolute Gasteiger partial charge is 0.395 e. The highest BCUT2D eigenvalue weighted by molar-refractivity contribution is 5.99. The SMILES string of the molecule is CC(C)NC(=O)c1cnc(Nc2ccc3c(c2)CCNC3)nc1Nc1cccc(C(C)(C)CO)n1. The normalized spacial score (nSPS) is 13.3. The zero-order chi connectivity index (χ0) is 25.0. The van der Waals surface area contributed by atoms with Crippen molar-refractivity contribution < 1.29 is 9.90 Å². The fourth-order valence-corrected chi connectivity index (χ4v) is 3.81. The molecule has 1 aromatic carbocycles. The van der Waals surface area contributed by atoms with Crippen LogP contribution in [0.25, 0.3) is 0 Å². The highest BCUT2D eigenvalue weighted by Crippen LogP contribution is 2.26. The van der Waals surface area contributed by atoms with Crippen LogP contribution in [-0.2, 0) is 18.4 Å². The maximum absolute atomic E-state index is 12.9. The topological polar surface area (TPSA) is 124 Å². The summed E-state index contributed by atoms with van der Waals surface area (Å²) >= 11 is 0. The van der Waals surface area contributed by atoms with Gasteiger partial charge in [0, 0.05) is 29.9 Å². The van der Waals surface area contributed by atoms with E-state index in [0.717, 1.165) is 30.9 Å². The minimum atomic E-state index is -0.504. The standard InChI is InChI=1S/C26H33N7O2/c1-16(2)29-24(35)20-14-28-25(30-19-9-8-18-13-27-11-10-17(18)12-19)33-23(20)32-22-7-5-6-21(31-22)26(3,4)15-34/h5-9,12,14,16,27,34H,10-11,13,15H2,1-4H3,(H,29,35)(H2,28,30,31,32,33). The zero-order valence-electron chi connectivity index (χ0n) is 20.6. The number of nitrogens with zero attached hydrogens (tertiary/aromatic N) is 3. The van der Waals surface area contributed by atoms with Gasteiger partial charge in [-0.3, -0.25) is 4.79 Å². The van der Waals surface area contributed by atoms with Crippen molar-refractivity contribution in [1.82, 2.24) is 25.6 Å². The van der Waals surface area contributed by atoms with Gasteiger partial charge in [-0.2, -0.15) is 4.98 Å². The number of aromatic nitrogens is 3. The first-order chi connectivity index (χ1) is 16.7. The van der Waals surface area contributed by atoms with Gasteiger partial charge >= 0.3 is 0 Å². The van der Waals surface area contributed by atoms with Gasteiger partial charge in [0.1, 0.15) is 17.2 Å². The van der Waals surface area contributed by atoms with Gasteiger partial charge in [-0.1, -0.05) is 26.0 Å². The van der Waals surface area contributed by atoms with Crippen molar-refractivity contribution in [3.05, 3.63) is 65.0 Å². The van der Waals surface area contributed by atoms with Crippen LogP contribution in [0, 0.1) is 0 Å². The second kappa shape index (κ2) is 10.4. The molecule has 4 rings (SSSR count). The Bertz CT molecular complexity index is 1210. The number of aliphatic hydroxyl groups is 1. The molecule has 9 nitrogen and oxygen atoms in total. The van der Waals surface area contributed by atoms with E-state index in [2.05, 4.69) is 48.4 Å². The number of fused-ring (bicyclic) bond motifs is 1. The molecule has 0 spiro atoms. The summed E-state index contributed by atoms with van der Waals surface area (Å²) in [5, 5.41) is 22.5. The second-order valence-electron chi connectivity index (χ2n) is 9.69. The van der Waals surface area contributed by atoms with E-state index in [4.69, 9.17) is 0 Å². The van der Waals surface area contributed by atoms with Crippen molar-refractivity contribution in [3.63, 3.8) is 0 Å². The quantitative estimate of drug-likeness (QED) is 0.336. The van der Waals surface area contributed by atoms with Crippen molar-refractivity contribution >= 4 is 29.2 Å². The first-order valence-corrected chi connectivity index (χ1v) is 11.9. The number of amides is 1. The average Bonchev–Trinajstić information content (AvgIpc) is 2.84. The molecule has 0 fully saturated rings. The van der Waals surface area contributed by atoms with Crippen LogP contribution in [0.2, 0.25) is 0 Å². The van der Waals surface area contributed by atoms with E-state index in [1.165, 1.54) is 17.3 Å². The molecule has 0 saturated heterocycles. The first kappa shape index (κ1) is 24.6. The number of carbonyl (C=O) groups is 1. The molecule has 35 heavy (non-hydrogen) atoms. The van der Waals surface area contributed by atoms with E-state index < -0.39 is 5.41 Å². The number of hydrogen-bond acceptors (Lipinski definition) is 8. The fraction of sp³-hybridized carbons (Fsp3) is 0.385. The molecule has 0 bridgehead atoms. The number of anilines is 4. The first-order valence-electron chi connectivity index (χ1n) is 11.9. The van der Waals surface area contributed by atoms with Crippen molar-refractivity contribution in [2.24, 2.45) is 0 Å². The molecule has 5 N–H and O–H groups in total. The maximum Gasteiger partial charge on any atom is 0.256 e. The molecule has 0 radical (unpaired) electrons. The molecule has 1 aliphatic heterocycles. The Balaban J connectivity index is 1.65. The van der Waals surface area contributed by atoms with Gasteiger partial charge in [0.05, 0.1) is 12.3 Å². The van der Waals surface area contributed by atoms with Gasteiger partial charge in [-0.05, 0) is 62.2 Å². The number of nitrogens with one attached hydrogen (secondary N) is 4. The predicted molar refractivity (Wildman–Crippen MR) is 137 cm³/mol. The summed E-state index contributed by atoms with van der Waals surface area (Å²) < 4.78 is 0. The Kier molecular flexibility index (Phi) is 7.28. The summed E-state index contributed by atoms with van der Waals surface area (Å²) in [5.74, 6) is 0.958. The van der Waals surface area contributed by atoms with Crippen LogP contribution in [0.5, 0.6) is 0 Å². The average molecular weight is 476 g/mol. The van der Waals surface area contributed by atoms with Crippen LogP contribution in [0.4, 0.5) is 23.3 Å². The van der Waals surface area contributed by atoms with Gasteiger partial charge in [-0.15, -0.1) is 0 Å². The van der Waals surface area contributed by atoms with Crippen LogP contribution in [0.15, 0.2) is 42.6 Å². The molecule has 2 aromatic heterocycles. The third-order valence-corrected chi connectivity index (χ3v) is 5.89. The lowest BCUT2D eigenvalue weighted by molar-refractivity contribution is 0.0943. The third kappa shape index (κ3) is 5.93. The van der Waals surface area contributed by atoms with Gasteiger partial charge < -0.3 is 26.4 Å². The molecule has 0 unspecified atom stereocenters. The lowest BCUT2D eigenvalue weighted by Crippen LogP contribution is -2.31.